The molecule has 1 aliphatic rings. The Kier molecular flexibility index (Phi) is 9.32. The summed E-state index contributed by atoms with van der Waals surface area (Å²) >= 11 is 0. The Labute approximate surface area is 228 Å². The van der Waals surface area contributed by atoms with Crippen molar-refractivity contribution in [2.24, 2.45) is 0 Å². The van der Waals surface area contributed by atoms with Crippen molar-refractivity contribution in [1.82, 2.24) is 10.6 Å². The van der Waals surface area contributed by atoms with Gasteiger partial charge < -0.3 is 25.1 Å². The Hall–Kier alpha value is -2.84. The van der Waals surface area contributed by atoms with Gasteiger partial charge in [-0.1, -0.05) is 54.0 Å². The summed E-state index contributed by atoms with van der Waals surface area (Å²) in [5.74, 6) is -0.247. The summed E-state index contributed by atoms with van der Waals surface area (Å²) in [5, 5.41) is 16.3. The highest BCUT2D eigenvalue weighted by Crippen LogP contribution is 2.29. The van der Waals surface area contributed by atoms with E-state index in [1.165, 1.54) is 5.56 Å². The van der Waals surface area contributed by atoms with Crippen molar-refractivity contribution in [3.63, 3.8) is 0 Å². The van der Waals surface area contributed by atoms with Crippen LogP contribution < -0.4 is 16.1 Å². The molecule has 0 aromatic heterocycles. The summed E-state index contributed by atoms with van der Waals surface area (Å²) in [7, 11) is 1.62. The van der Waals surface area contributed by atoms with E-state index < -0.39 is 28.9 Å². The quantitative estimate of drug-likeness (QED) is 0.432. The zero-order valence-electron chi connectivity index (χ0n) is 23.8. The molecule has 1 unspecified atom stereocenters. The highest BCUT2D eigenvalue weighted by molar-refractivity contribution is 6.47. The number of benzene rings is 2. The lowest BCUT2D eigenvalue weighted by molar-refractivity contribution is -0.124. The van der Waals surface area contributed by atoms with E-state index in [-0.39, 0.29) is 11.9 Å². The highest BCUT2D eigenvalue weighted by atomic mass is 16.6. The van der Waals surface area contributed by atoms with E-state index in [9.17, 15) is 14.7 Å². The molecule has 0 aliphatic heterocycles. The van der Waals surface area contributed by atoms with E-state index in [0.29, 0.717) is 6.42 Å². The zero-order chi connectivity index (χ0) is 28.1. The second-order valence-corrected chi connectivity index (χ2v) is 12.1. The summed E-state index contributed by atoms with van der Waals surface area (Å²) in [6.07, 6.45) is 2.52. The van der Waals surface area contributed by atoms with Crippen LogP contribution in [0.25, 0.3) is 0 Å². The second kappa shape index (κ2) is 11.9. The number of nitrogens with one attached hydrogen (secondary N) is 2. The molecule has 0 heterocycles. The van der Waals surface area contributed by atoms with Gasteiger partial charge in [-0.2, -0.15) is 0 Å². The zero-order valence-corrected chi connectivity index (χ0v) is 23.8. The maximum absolute atomic E-state index is 13.5. The number of aryl methyl sites for hydroxylation is 1. The third kappa shape index (κ3) is 8.33. The van der Waals surface area contributed by atoms with Crippen LogP contribution in [0.2, 0.25) is 0 Å². The minimum absolute atomic E-state index is 0.0939. The lowest BCUT2D eigenvalue weighted by Gasteiger charge is -2.37. The van der Waals surface area contributed by atoms with Crippen molar-refractivity contribution in [2.75, 3.05) is 0 Å². The maximum Gasteiger partial charge on any atom is 0.408 e. The normalized spacial score (nSPS) is 16.7. The van der Waals surface area contributed by atoms with Gasteiger partial charge in [0.25, 0.3) is 0 Å². The lowest BCUT2D eigenvalue weighted by atomic mass is 9.82. The molecule has 1 aliphatic carbocycles. The molecule has 2 aromatic rings. The van der Waals surface area contributed by atoms with Crippen LogP contribution in [0.15, 0.2) is 48.5 Å². The molecule has 38 heavy (non-hydrogen) atoms. The predicted octanol–water partition coefficient (Wildman–Crippen LogP) is 4.13. The van der Waals surface area contributed by atoms with E-state index >= 15 is 0 Å². The first kappa shape index (κ1) is 29.7. The molecule has 0 saturated heterocycles. The monoisotopic (exact) mass is 521 g/mol. The molecule has 8 heteroatoms. The number of alkyl carbamates (subject to hydrolysis) is 1. The predicted molar refractivity (Wildman–Crippen MR) is 150 cm³/mol. The van der Waals surface area contributed by atoms with Gasteiger partial charge in [0, 0.05) is 6.42 Å². The van der Waals surface area contributed by atoms with Crippen LogP contribution in [0.4, 0.5) is 4.79 Å². The van der Waals surface area contributed by atoms with Crippen LogP contribution in [0.3, 0.4) is 0 Å². The molecule has 7 nitrogen and oxygen atoms in total. The van der Waals surface area contributed by atoms with E-state index in [0.717, 1.165) is 35.9 Å². The number of amides is 2. The lowest BCUT2D eigenvalue weighted by Crippen LogP contribution is -2.50. The fourth-order valence-corrected chi connectivity index (χ4v) is 4.16. The van der Waals surface area contributed by atoms with Crippen molar-refractivity contribution >= 4 is 24.9 Å². The number of hydrogen-bond acceptors (Lipinski definition) is 5. The average Bonchev–Trinajstić information content (AvgIpc) is 2.81. The molecule has 3 rings (SSSR count). The Morgan fingerprint density at radius 2 is 1.68 bits per heavy atom. The third-order valence-corrected chi connectivity index (χ3v) is 7.08. The molecule has 205 valence electrons. The van der Waals surface area contributed by atoms with Crippen LogP contribution in [-0.4, -0.2) is 47.4 Å². The van der Waals surface area contributed by atoms with Gasteiger partial charge in [-0.05, 0) is 84.4 Å². The number of carbonyl (C=O) groups is 2. The van der Waals surface area contributed by atoms with Crippen LogP contribution in [0, 0.1) is 0 Å². The molecule has 0 spiro atoms. The Balaban J connectivity index is 1.72. The Bertz CT molecular complexity index is 1100. The molecule has 1 radical (unpaired) electrons. The van der Waals surface area contributed by atoms with Gasteiger partial charge in [0.15, 0.2) is 0 Å². The maximum atomic E-state index is 13.5. The summed E-state index contributed by atoms with van der Waals surface area (Å²) in [5.41, 5.74) is 1.62. The number of ether oxygens (including phenoxy) is 1. The highest BCUT2D eigenvalue weighted by Gasteiger charge is 2.35. The first-order chi connectivity index (χ1) is 17.6. The van der Waals surface area contributed by atoms with Gasteiger partial charge in [-0.25, -0.2) is 4.79 Å². The van der Waals surface area contributed by atoms with Gasteiger partial charge in [0.2, 0.25) is 5.91 Å². The van der Waals surface area contributed by atoms with Crippen LogP contribution in [0.5, 0.6) is 0 Å². The molecular formula is C30H42BN2O5. The van der Waals surface area contributed by atoms with Crippen molar-refractivity contribution in [1.29, 1.82) is 0 Å². The summed E-state index contributed by atoms with van der Waals surface area (Å²) in [4.78, 5) is 26.1. The smallest absolute Gasteiger partial charge is 0.408 e. The topological polar surface area (TPSA) is 96.9 Å². The average molecular weight is 521 g/mol. The van der Waals surface area contributed by atoms with Crippen molar-refractivity contribution < 1.29 is 24.1 Å². The SMILES string of the molecule is CC(C)(C)OC(=O)N[C@@H](Cc1ccc([B]OC(C)(C)C(C)(C)O)cc1)C(=O)NC1CCCc2ccccc21. The van der Waals surface area contributed by atoms with Gasteiger partial charge in [-0.15, -0.1) is 0 Å². The van der Waals surface area contributed by atoms with Gasteiger partial charge >= 0.3 is 13.6 Å². The van der Waals surface area contributed by atoms with E-state index in [2.05, 4.69) is 22.8 Å². The van der Waals surface area contributed by atoms with E-state index in [1.807, 2.05) is 50.2 Å². The van der Waals surface area contributed by atoms with Crippen LogP contribution in [0.1, 0.15) is 84.0 Å². The number of rotatable bonds is 9. The Morgan fingerprint density at radius 1 is 1.03 bits per heavy atom. The molecule has 2 atom stereocenters. The summed E-state index contributed by atoms with van der Waals surface area (Å²) in [6, 6.07) is 14.9. The van der Waals surface area contributed by atoms with Crippen molar-refractivity contribution in [3.05, 3.63) is 65.2 Å². The molecular weight excluding hydrogens is 479 g/mol. The largest absolute Gasteiger partial charge is 0.444 e. The minimum Gasteiger partial charge on any atom is -0.444 e. The molecule has 3 N–H and O–H groups in total. The Morgan fingerprint density at radius 3 is 2.32 bits per heavy atom. The van der Waals surface area contributed by atoms with E-state index in [4.69, 9.17) is 9.39 Å². The van der Waals surface area contributed by atoms with Crippen molar-refractivity contribution in [2.45, 2.75) is 103 Å². The minimum atomic E-state index is -1.02. The molecule has 0 saturated carbocycles. The number of carbonyl (C=O) groups excluding carboxylic acids is 2. The van der Waals surface area contributed by atoms with Gasteiger partial charge in [-0.3, -0.25) is 4.79 Å². The molecule has 2 amide bonds. The fourth-order valence-electron chi connectivity index (χ4n) is 4.16. The first-order valence-electron chi connectivity index (χ1n) is 13.3. The summed E-state index contributed by atoms with van der Waals surface area (Å²) < 4.78 is 11.3. The van der Waals surface area contributed by atoms with Crippen LogP contribution in [-0.2, 0) is 27.0 Å². The molecule has 0 bridgehead atoms. The number of fused-ring (bicyclic) bond motifs is 1. The van der Waals surface area contributed by atoms with Gasteiger partial charge in [0.1, 0.15) is 11.6 Å². The third-order valence-electron chi connectivity index (χ3n) is 7.08. The standard InChI is InChI=1S/C30H42BN2O5/c1-28(2,3)37-27(35)33-25(26(34)32-24-14-10-12-21-11-8-9-13-23(21)24)19-20-15-17-22(18-16-20)31-38-30(6,7)29(4,5)36/h8-9,11,13,15-18,24-25,36H,10,12,14,19H2,1-7H3,(H,32,34)(H,33,35)/t24?,25-/m0/s1. The molecule has 0 fully saturated rings. The van der Waals surface area contributed by atoms with Crippen molar-refractivity contribution in [3.8, 4) is 0 Å². The first-order valence-corrected chi connectivity index (χ1v) is 13.3. The molecule has 2 aromatic carbocycles. The fraction of sp³-hybridized carbons (Fsp3) is 0.533. The number of hydrogen-bond donors (Lipinski definition) is 3. The van der Waals surface area contributed by atoms with E-state index in [1.54, 1.807) is 42.1 Å². The van der Waals surface area contributed by atoms with Gasteiger partial charge in [0.05, 0.1) is 17.2 Å². The van der Waals surface area contributed by atoms with Crippen LogP contribution >= 0.6 is 0 Å². The number of aliphatic hydroxyl groups is 1. The second-order valence-electron chi connectivity index (χ2n) is 12.1. The summed E-state index contributed by atoms with van der Waals surface area (Å²) in [6.45, 7) is 12.4.